The van der Waals surface area contributed by atoms with Crippen LogP contribution in [-0.2, 0) is 4.79 Å². The van der Waals surface area contributed by atoms with E-state index in [0.29, 0.717) is 29.9 Å². The molecule has 1 atom stereocenters. The molecular weight excluding hydrogens is 270 g/mol. The second kappa shape index (κ2) is 5.95. The highest BCUT2D eigenvalue weighted by Crippen LogP contribution is 2.14. The van der Waals surface area contributed by atoms with E-state index in [9.17, 15) is 9.59 Å². The predicted molar refractivity (Wildman–Crippen MR) is 78.5 cm³/mol. The number of aliphatic carboxylic acids is 1. The molecule has 21 heavy (non-hydrogen) atoms. The Hall–Kier alpha value is -2.37. The van der Waals surface area contributed by atoms with E-state index in [1.54, 1.807) is 17.5 Å². The zero-order chi connectivity index (χ0) is 15.6. The fourth-order valence-electron chi connectivity index (χ4n) is 2.31. The first-order valence-corrected chi connectivity index (χ1v) is 6.93. The molecule has 0 aliphatic heterocycles. The first-order chi connectivity index (χ1) is 9.93. The summed E-state index contributed by atoms with van der Waals surface area (Å²) < 4.78 is 1.68. The van der Waals surface area contributed by atoms with E-state index in [1.165, 1.54) is 0 Å². The topological polar surface area (TPSA) is 83.7 Å². The average molecular weight is 289 g/mol. The van der Waals surface area contributed by atoms with E-state index in [4.69, 9.17) is 5.11 Å². The lowest BCUT2D eigenvalue weighted by Gasteiger charge is -2.13. The molecular formula is C15H19N3O3. The van der Waals surface area contributed by atoms with E-state index >= 15 is 0 Å². The standard InChI is InChI=1S/C15H19N3O3/c1-4-5-11(15(20)21)17-14(19)13-10(3)16-12-8-9(2)6-7-18(12)13/h6-8,11H,4-5H2,1-3H3,(H,17,19)(H,20,21). The Bertz CT molecular complexity index is 691. The molecule has 6 heteroatoms. The summed E-state index contributed by atoms with van der Waals surface area (Å²) >= 11 is 0. The molecule has 0 aliphatic rings. The Balaban J connectivity index is 2.35. The highest BCUT2D eigenvalue weighted by Gasteiger charge is 2.23. The number of hydrogen-bond acceptors (Lipinski definition) is 3. The molecule has 2 aromatic heterocycles. The smallest absolute Gasteiger partial charge is 0.326 e. The molecule has 0 fully saturated rings. The lowest BCUT2D eigenvalue weighted by atomic mass is 10.1. The fourth-order valence-corrected chi connectivity index (χ4v) is 2.31. The molecule has 0 bridgehead atoms. The maximum absolute atomic E-state index is 12.4. The monoisotopic (exact) mass is 289 g/mol. The number of carboxylic acids is 1. The quantitative estimate of drug-likeness (QED) is 0.881. The molecule has 2 heterocycles. The van der Waals surface area contributed by atoms with Crippen molar-refractivity contribution in [2.75, 3.05) is 0 Å². The molecule has 0 aliphatic carbocycles. The van der Waals surface area contributed by atoms with Gasteiger partial charge in [-0.3, -0.25) is 9.20 Å². The number of imidazole rings is 1. The number of hydrogen-bond donors (Lipinski definition) is 2. The molecule has 0 saturated carbocycles. The number of rotatable bonds is 5. The van der Waals surface area contributed by atoms with Gasteiger partial charge in [0.25, 0.3) is 5.91 Å². The van der Waals surface area contributed by atoms with Gasteiger partial charge in [0.1, 0.15) is 17.4 Å². The Kier molecular flexibility index (Phi) is 4.26. The van der Waals surface area contributed by atoms with Gasteiger partial charge in [-0.2, -0.15) is 0 Å². The summed E-state index contributed by atoms with van der Waals surface area (Å²) in [5.74, 6) is -1.43. The van der Waals surface area contributed by atoms with Gasteiger partial charge >= 0.3 is 5.97 Å². The molecule has 0 aromatic carbocycles. The number of aromatic nitrogens is 2. The second-order valence-corrected chi connectivity index (χ2v) is 5.13. The molecule has 2 rings (SSSR count). The van der Waals surface area contributed by atoms with Crippen molar-refractivity contribution in [3.05, 3.63) is 35.3 Å². The first-order valence-electron chi connectivity index (χ1n) is 6.93. The van der Waals surface area contributed by atoms with Crippen LogP contribution >= 0.6 is 0 Å². The number of carbonyl (C=O) groups excluding carboxylic acids is 1. The van der Waals surface area contributed by atoms with Crippen molar-refractivity contribution in [1.82, 2.24) is 14.7 Å². The summed E-state index contributed by atoms with van der Waals surface area (Å²) in [6.07, 6.45) is 2.85. The second-order valence-electron chi connectivity index (χ2n) is 5.13. The third kappa shape index (κ3) is 3.04. The van der Waals surface area contributed by atoms with E-state index in [2.05, 4.69) is 10.3 Å². The van der Waals surface area contributed by atoms with E-state index in [1.807, 2.05) is 26.0 Å². The molecule has 0 spiro atoms. The summed E-state index contributed by atoms with van der Waals surface area (Å²) in [5.41, 5.74) is 2.69. The van der Waals surface area contributed by atoms with Crippen LogP contribution in [0.5, 0.6) is 0 Å². The lowest BCUT2D eigenvalue weighted by Crippen LogP contribution is -2.41. The maximum Gasteiger partial charge on any atom is 0.326 e. The normalized spacial score (nSPS) is 12.3. The number of amides is 1. The zero-order valence-corrected chi connectivity index (χ0v) is 12.4. The van der Waals surface area contributed by atoms with Crippen molar-refractivity contribution >= 4 is 17.5 Å². The van der Waals surface area contributed by atoms with Crippen molar-refractivity contribution in [2.45, 2.75) is 39.7 Å². The van der Waals surface area contributed by atoms with E-state index in [0.717, 1.165) is 5.56 Å². The number of carboxylic acid groups (broad SMARTS) is 1. The Morgan fingerprint density at radius 3 is 2.76 bits per heavy atom. The Morgan fingerprint density at radius 2 is 2.14 bits per heavy atom. The Morgan fingerprint density at radius 1 is 1.43 bits per heavy atom. The van der Waals surface area contributed by atoms with Gasteiger partial charge in [0.15, 0.2) is 0 Å². The van der Waals surface area contributed by atoms with Crippen LogP contribution in [0.3, 0.4) is 0 Å². The number of aryl methyl sites for hydroxylation is 2. The van der Waals surface area contributed by atoms with Gasteiger partial charge in [0.05, 0.1) is 5.69 Å². The highest BCUT2D eigenvalue weighted by molar-refractivity contribution is 5.97. The largest absolute Gasteiger partial charge is 0.480 e. The van der Waals surface area contributed by atoms with Crippen LogP contribution in [0.1, 0.15) is 41.5 Å². The maximum atomic E-state index is 12.4. The minimum absolute atomic E-state index is 0.382. The molecule has 2 N–H and O–H groups in total. The number of fused-ring (bicyclic) bond motifs is 1. The average Bonchev–Trinajstić information content (AvgIpc) is 2.72. The number of nitrogens with zero attached hydrogens (tertiary/aromatic N) is 2. The van der Waals surface area contributed by atoms with Crippen LogP contribution in [0.25, 0.3) is 5.65 Å². The van der Waals surface area contributed by atoms with Crippen molar-refractivity contribution in [3.8, 4) is 0 Å². The summed E-state index contributed by atoms with van der Waals surface area (Å²) in [6, 6.07) is 2.88. The number of pyridine rings is 1. The van der Waals surface area contributed by atoms with Gasteiger partial charge < -0.3 is 10.4 Å². The van der Waals surface area contributed by atoms with E-state index < -0.39 is 17.9 Å². The zero-order valence-electron chi connectivity index (χ0n) is 12.4. The van der Waals surface area contributed by atoms with Crippen molar-refractivity contribution in [2.24, 2.45) is 0 Å². The third-order valence-corrected chi connectivity index (χ3v) is 3.35. The van der Waals surface area contributed by atoms with Crippen LogP contribution < -0.4 is 5.32 Å². The van der Waals surface area contributed by atoms with Gasteiger partial charge in [-0.15, -0.1) is 0 Å². The molecule has 0 radical (unpaired) electrons. The Labute approximate surface area is 122 Å². The van der Waals surface area contributed by atoms with Crippen LogP contribution in [-0.4, -0.2) is 32.4 Å². The minimum atomic E-state index is -1.02. The van der Waals surface area contributed by atoms with Crippen molar-refractivity contribution in [3.63, 3.8) is 0 Å². The molecule has 1 unspecified atom stereocenters. The molecule has 2 aromatic rings. The molecule has 112 valence electrons. The molecule has 6 nitrogen and oxygen atoms in total. The lowest BCUT2D eigenvalue weighted by molar-refractivity contribution is -0.139. The van der Waals surface area contributed by atoms with Gasteiger partial charge in [0.2, 0.25) is 0 Å². The van der Waals surface area contributed by atoms with Crippen LogP contribution in [0.15, 0.2) is 18.3 Å². The SMILES string of the molecule is CCCC(NC(=O)c1c(C)nc2cc(C)ccn12)C(=O)O. The van der Waals surface area contributed by atoms with Gasteiger partial charge in [-0.05, 0) is 38.0 Å². The fraction of sp³-hybridized carbons (Fsp3) is 0.400. The summed E-state index contributed by atoms with van der Waals surface area (Å²) in [5, 5.41) is 11.7. The van der Waals surface area contributed by atoms with Gasteiger partial charge in [-0.25, -0.2) is 9.78 Å². The summed E-state index contributed by atoms with van der Waals surface area (Å²) in [7, 11) is 0. The van der Waals surface area contributed by atoms with Crippen LogP contribution in [0.4, 0.5) is 0 Å². The number of nitrogens with one attached hydrogen (secondary N) is 1. The third-order valence-electron chi connectivity index (χ3n) is 3.35. The summed E-state index contributed by atoms with van der Waals surface area (Å²) in [4.78, 5) is 27.9. The van der Waals surface area contributed by atoms with Crippen molar-refractivity contribution < 1.29 is 14.7 Å². The van der Waals surface area contributed by atoms with Crippen LogP contribution in [0, 0.1) is 13.8 Å². The predicted octanol–water partition coefficient (Wildman–Crippen LogP) is 1.93. The summed E-state index contributed by atoms with van der Waals surface area (Å²) in [6.45, 7) is 5.57. The minimum Gasteiger partial charge on any atom is -0.480 e. The highest BCUT2D eigenvalue weighted by atomic mass is 16.4. The van der Waals surface area contributed by atoms with E-state index in [-0.39, 0.29) is 0 Å². The number of carbonyl (C=O) groups is 2. The van der Waals surface area contributed by atoms with Gasteiger partial charge in [0, 0.05) is 6.20 Å². The molecule has 0 saturated heterocycles. The van der Waals surface area contributed by atoms with Crippen molar-refractivity contribution in [1.29, 1.82) is 0 Å². The van der Waals surface area contributed by atoms with Crippen LogP contribution in [0.2, 0.25) is 0 Å². The molecule has 1 amide bonds. The van der Waals surface area contributed by atoms with Gasteiger partial charge in [-0.1, -0.05) is 13.3 Å². The first kappa shape index (κ1) is 15.0.